The quantitative estimate of drug-likeness (QED) is 0.641. The van der Waals surface area contributed by atoms with Crippen molar-refractivity contribution in [2.75, 3.05) is 25.6 Å². The summed E-state index contributed by atoms with van der Waals surface area (Å²) in [5.74, 6) is -1.24. The van der Waals surface area contributed by atoms with E-state index in [9.17, 15) is 23.2 Å². The Labute approximate surface area is 194 Å². The number of nitriles is 1. The summed E-state index contributed by atoms with van der Waals surface area (Å²) >= 11 is 0. The Hall–Kier alpha value is -4.00. The molecular formula is C24H23F3N4O3. The SMILES string of the molecule is CCOC(=O)C1=C(C)OC(N)=C(C#N)C1c1cccc(-c2cc(C(F)(F)F)cnc2N(C)C)c1. The average molecular weight is 472 g/mol. The molecule has 3 rings (SSSR count). The summed E-state index contributed by atoms with van der Waals surface area (Å²) in [5.41, 5.74) is 6.26. The highest BCUT2D eigenvalue weighted by atomic mass is 19.4. The number of anilines is 1. The highest BCUT2D eigenvalue weighted by Crippen LogP contribution is 2.42. The number of aromatic nitrogens is 1. The topological polar surface area (TPSA) is 101 Å². The molecule has 2 heterocycles. The van der Waals surface area contributed by atoms with Crippen LogP contribution in [0.2, 0.25) is 0 Å². The van der Waals surface area contributed by atoms with E-state index in [1.165, 1.54) is 6.92 Å². The minimum Gasteiger partial charge on any atom is -0.463 e. The summed E-state index contributed by atoms with van der Waals surface area (Å²) in [5, 5.41) is 9.75. The van der Waals surface area contributed by atoms with Crippen molar-refractivity contribution in [3.63, 3.8) is 0 Å². The molecule has 1 atom stereocenters. The first-order valence-corrected chi connectivity index (χ1v) is 10.3. The maximum absolute atomic E-state index is 13.4. The summed E-state index contributed by atoms with van der Waals surface area (Å²) in [4.78, 5) is 18.3. The molecule has 7 nitrogen and oxygen atoms in total. The van der Waals surface area contributed by atoms with Crippen LogP contribution in [-0.4, -0.2) is 31.7 Å². The van der Waals surface area contributed by atoms with Gasteiger partial charge >= 0.3 is 12.1 Å². The highest BCUT2D eigenvalue weighted by molar-refractivity contribution is 5.92. The van der Waals surface area contributed by atoms with E-state index in [2.05, 4.69) is 4.98 Å². The summed E-state index contributed by atoms with van der Waals surface area (Å²) < 4.78 is 50.8. The molecule has 34 heavy (non-hydrogen) atoms. The molecule has 0 bridgehead atoms. The van der Waals surface area contributed by atoms with Crippen molar-refractivity contribution in [3.05, 3.63) is 70.4 Å². The number of nitrogens with two attached hydrogens (primary N) is 1. The van der Waals surface area contributed by atoms with Crippen LogP contribution in [0.25, 0.3) is 11.1 Å². The summed E-state index contributed by atoms with van der Waals surface area (Å²) in [7, 11) is 3.34. The van der Waals surface area contributed by atoms with E-state index in [4.69, 9.17) is 15.2 Å². The van der Waals surface area contributed by atoms with Crippen LogP contribution >= 0.6 is 0 Å². The van der Waals surface area contributed by atoms with Crippen LogP contribution in [0.3, 0.4) is 0 Å². The molecule has 1 aliphatic heterocycles. The van der Waals surface area contributed by atoms with Crippen molar-refractivity contribution in [3.8, 4) is 17.2 Å². The first-order chi connectivity index (χ1) is 16.0. The van der Waals surface area contributed by atoms with Crippen LogP contribution < -0.4 is 10.6 Å². The number of alkyl halides is 3. The van der Waals surface area contributed by atoms with Gasteiger partial charge in [0.2, 0.25) is 5.88 Å². The number of halogens is 3. The van der Waals surface area contributed by atoms with Crippen molar-refractivity contribution in [2.24, 2.45) is 5.73 Å². The lowest BCUT2D eigenvalue weighted by Crippen LogP contribution is -2.25. The fraction of sp³-hybridized carbons (Fsp3) is 0.292. The standard InChI is InChI=1S/C24H23F3N4O3/c1-5-33-23(32)19-13(2)34-21(29)18(11-28)20(19)15-8-6-7-14(9-15)17-10-16(24(25,26)27)12-30-22(17)31(3)4/h6-10,12,20H,5,29H2,1-4H3. The van der Waals surface area contributed by atoms with Crippen LogP contribution in [0.15, 0.2) is 59.3 Å². The van der Waals surface area contributed by atoms with Crippen molar-refractivity contribution < 1.29 is 27.4 Å². The van der Waals surface area contributed by atoms with Crippen molar-refractivity contribution >= 4 is 11.8 Å². The third-order valence-electron chi connectivity index (χ3n) is 5.25. The number of ether oxygens (including phenoxy) is 2. The van der Waals surface area contributed by atoms with Gasteiger partial charge < -0.3 is 20.1 Å². The predicted molar refractivity (Wildman–Crippen MR) is 119 cm³/mol. The van der Waals surface area contributed by atoms with E-state index in [1.54, 1.807) is 50.2 Å². The second-order valence-corrected chi connectivity index (χ2v) is 7.73. The molecule has 0 saturated heterocycles. The number of allylic oxidation sites excluding steroid dienone is 2. The molecule has 1 unspecified atom stereocenters. The van der Waals surface area contributed by atoms with Gasteiger partial charge in [0.15, 0.2) is 0 Å². The van der Waals surface area contributed by atoms with E-state index < -0.39 is 23.6 Å². The lowest BCUT2D eigenvalue weighted by atomic mass is 9.82. The summed E-state index contributed by atoms with van der Waals surface area (Å²) in [6, 6.07) is 9.54. The van der Waals surface area contributed by atoms with Crippen molar-refractivity contribution in [2.45, 2.75) is 25.9 Å². The third kappa shape index (κ3) is 4.69. The Morgan fingerprint density at radius 3 is 2.62 bits per heavy atom. The van der Waals surface area contributed by atoms with Crippen LogP contribution in [0.4, 0.5) is 19.0 Å². The van der Waals surface area contributed by atoms with Gasteiger partial charge in [-0.2, -0.15) is 18.4 Å². The Bertz CT molecular complexity index is 1230. The van der Waals surface area contributed by atoms with E-state index in [-0.39, 0.29) is 35.0 Å². The van der Waals surface area contributed by atoms with E-state index in [1.807, 2.05) is 6.07 Å². The third-order valence-corrected chi connectivity index (χ3v) is 5.25. The molecule has 2 aromatic rings. The molecule has 10 heteroatoms. The molecular weight excluding hydrogens is 449 g/mol. The minimum atomic E-state index is -4.58. The zero-order valence-corrected chi connectivity index (χ0v) is 19.0. The maximum Gasteiger partial charge on any atom is 0.417 e. The predicted octanol–water partition coefficient (Wildman–Crippen LogP) is 4.48. The van der Waals surface area contributed by atoms with Gasteiger partial charge in [-0.1, -0.05) is 24.3 Å². The van der Waals surface area contributed by atoms with Gasteiger partial charge in [-0.15, -0.1) is 0 Å². The van der Waals surface area contributed by atoms with Crippen LogP contribution in [0.1, 0.15) is 30.9 Å². The summed E-state index contributed by atoms with van der Waals surface area (Å²) in [6.07, 6.45) is -3.80. The highest BCUT2D eigenvalue weighted by Gasteiger charge is 2.37. The van der Waals surface area contributed by atoms with E-state index >= 15 is 0 Å². The second-order valence-electron chi connectivity index (χ2n) is 7.73. The Morgan fingerprint density at radius 2 is 2.03 bits per heavy atom. The molecule has 1 aromatic heterocycles. The molecule has 0 radical (unpaired) electrons. The van der Waals surface area contributed by atoms with Gasteiger partial charge in [0.05, 0.1) is 23.7 Å². The molecule has 0 spiro atoms. The zero-order valence-electron chi connectivity index (χ0n) is 19.0. The Morgan fingerprint density at radius 1 is 1.32 bits per heavy atom. The van der Waals surface area contributed by atoms with Gasteiger partial charge in [0.1, 0.15) is 23.2 Å². The molecule has 0 saturated carbocycles. The van der Waals surface area contributed by atoms with E-state index in [0.29, 0.717) is 16.9 Å². The van der Waals surface area contributed by atoms with Crippen molar-refractivity contribution in [1.29, 1.82) is 5.26 Å². The zero-order chi connectivity index (χ0) is 25.2. The van der Waals surface area contributed by atoms with Crippen LogP contribution in [0.5, 0.6) is 0 Å². The van der Waals surface area contributed by atoms with Gasteiger partial charge in [0, 0.05) is 25.9 Å². The Kier molecular flexibility index (Phi) is 6.86. The normalized spacial score (nSPS) is 16.1. The van der Waals surface area contributed by atoms with Gasteiger partial charge in [-0.25, -0.2) is 9.78 Å². The number of carbonyl (C=O) groups is 1. The van der Waals surface area contributed by atoms with Gasteiger partial charge in [-0.05, 0) is 31.0 Å². The van der Waals surface area contributed by atoms with Crippen molar-refractivity contribution in [1.82, 2.24) is 4.98 Å². The van der Waals surface area contributed by atoms with Gasteiger partial charge in [0.25, 0.3) is 0 Å². The molecule has 178 valence electrons. The fourth-order valence-electron chi connectivity index (χ4n) is 3.76. The average Bonchev–Trinajstić information content (AvgIpc) is 2.77. The summed E-state index contributed by atoms with van der Waals surface area (Å²) in [6.45, 7) is 3.28. The monoisotopic (exact) mass is 472 g/mol. The first kappa shape index (κ1) is 24.6. The molecule has 0 aliphatic carbocycles. The number of pyridine rings is 1. The molecule has 1 aromatic carbocycles. The van der Waals surface area contributed by atoms with Gasteiger partial charge in [-0.3, -0.25) is 0 Å². The fourth-order valence-corrected chi connectivity index (χ4v) is 3.76. The maximum atomic E-state index is 13.4. The largest absolute Gasteiger partial charge is 0.463 e. The van der Waals surface area contributed by atoms with Crippen LogP contribution in [0, 0.1) is 11.3 Å². The van der Waals surface area contributed by atoms with E-state index in [0.717, 1.165) is 12.3 Å². The number of hydrogen-bond donors (Lipinski definition) is 1. The molecule has 0 fully saturated rings. The van der Waals surface area contributed by atoms with Crippen LogP contribution in [-0.2, 0) is 20.4 Å². The lowest BCUT2D eigenvalue weighted by Gasteiger charge is -2.27. The first-order valence-electron chi connectivity index (χ1n) is 10.3. The molecule has 1 aliphatic rings. The number of rotatable bonds is 5. The second kappa shape index (κ2) is 9.47. The Balaban J connectivity index is 2.23. The molecule has 2 N–H and O–H groups in total. The number of hydrogen-bond acceptors (Lipinski definition) is 7. The number of esters is 1. The number of nitrogens with zero attached hydrogens (tertiary/aromatic N) is 3. The number of benzene rings is 1. The smallest absolute Gasteiger partial charge is 0.417 e. The minimum absolute atomic E-state index is 0.000744. The molecule has 0 amide bonds. The number of carbonyl (C=O) groups excluding carboxylic acids is 1. The lowest BCUT2D eigenvalue weighted by molar-refractivity contribution is -0.139.